The maximum atomic E-state index is 14.4. The summed E-state index contributed by atoms with van der Waals surface area (Å²) in [6.45, 7) is -1.45. The molecule has 6 atom stereocenters. The van der Waals surface area contributed by atoms with Crippen molar-refractivity contribution in [1.29, 1.82) is 0 Å². The number of fused-ring (bicyclic) bond motifs is 2. The monoisotopic (exact) mass is 676 g/mol. The second kappa shape index (κ2) is 12.7. The molecule has 15 nitrogen and oxygen atoms in total. The van der Waals surface area contributed by atoms with Gasteiger partial charge in [0.2, 0.25) is 12.5 Å². The van der Waals surface area contributed by atoms with Crippen LogP contribution in [0.1, 0.15) is 22.8 Å². The zero-order valence-electron chi connectivity index (χ0n) is 24.5. The molecule has 19 heteroatoms. The lowest BCUT2D eigenvalue weighted by molar-refractivity contribution is -0.138. The molecule has 2 fully saturated rings. The van der Waals surface area contributed by atoms with Gasteiger partial charge in [0.25, 0.3) is 5.91 Å². The first kappa shape index (κ1) is 33.1. The molecule has 2 aliphatic rings. The van der Waals surface area contributed by atoms with Crippen LogP contribution in [0.3, 0.4) is 0 Å². The van der Waals surface area contributed by atoms with E-state index in [9.17, 15) is 32.6 Å². The number of hydrogen-bond donors (Lipinski definition) is 6. The van der Waals surface area contributed by atoms with Gasteiger partial charge >= 0.3 is 11.8 Å². The van der Waals surface area contributed by atoms with E-state index in [0.29, 0.717) is 16.3 Å². The standard InChI is InChI=1S/C18H16F2N4O4.C11H12F2N4O3/c19-18(20)13(26)12(8-25)28-17(18)24-7-6-11-14(21-9-22-15(11)24)23-16(27)10-4-2-1-3-5-10;12-11(13)7(19)6(3-18)20-10(11)17-2-1-5-8(14)15-4-16-9(5)17/h1-7,9,12-13,17,25-26H,8H2,(H,21,22,23,27);1-2,4,6-7,10,18-19H,3H2,(H2,14,15,16)/t12-,13-,17-;6-,7-,10-/m11/s1. The van der Waals surface area contributed by atoms with Gasteiger partial charge in [0.05, 0.1) is 24.0 Å². The van der Waals surface area contributed by atoms with Crippen LogP contribution < -0.4 is 11.1 Å². The molecule has 0 unspecified atom stereocenters. The maximum absolute atomic E-state index is 14.4. The molecule has 4 aromatic heterocycles. The van der Waals surface area contributed by atoms with E-state index in [1.165, 1.54) is 24.5 Å². The molecule has 7 N–H and O–H groups in total. The Labute approximate surface area is 267 Å². The van der Waals surface area contributed by atoms with Crippen molar-refractivity contribution in [3.05, 3.63) is 73.1 Å². The molecule has 1 aromatic carbocycles. The summed E-state index contributed by atoms with van der Waals surface area (Å²) >= 11 is 0. The minimum atomic E-state index is -3.64. The van der Waals surface area contributed by atoms with Gasteiger partial charge in [-0.15, -0.1) is 0 Å². The molecule has 5 aromatic rings. The molecule has 0 aliphatic carbocycles. The Morgan fingerprint density at radius 1 is 0.792 bits per heavy atom. The molecule has 0 bridgehead atoms. The van der Waals surface area contributed by atoms with Crippen molar-refractivity contribution in [1.82, 2.24) is 29.1 Å². The van der Waals surface area contributed by atoms with E-state index in [1.807, 2.05) is 0 Å². The number of nitrogens with one attached hydrogen (secondary N) is 1. The lowest BCUT2D eigenvalue weighted by Gasteiger charge is -2.21. The van der Waals surface area contributed by atoms with Gasteiger partial charge in [-0.05, 0) is 24.3 Å². The topological polar surface area (TPSA) is 216 Å². The number of amides is 1. The maximum Gasteiger partial charge on any atom is 0.320 e. The highest BCUT2D eigenvalue weighted by molar-refractivity contribution is 6.07. The van der Waals surface area contributed by atoms with Gasteiger partial charge in [0, 0.05) is 18.0 Å². The fourth-order valence-corrected chi connectivity index (χ4v) is 5.45. The number of ether oxygens (including phenoxy) is 2. The van der Waals surface area contributed by atoms with Crippen molar-refractivity contribution in [3.8, 4) is 0 Å². The molecule has 6 heterocycles. The highest BCUT2D eigenvalue weighted by atomic mass is 19.3. The summed E-state index contributed by atoms with van der Waals surface area (Å²) in [7, 11) is 0. The Balaban J connectivity index is 0.000000177. The largest absolute Gasteiger partial charge is 0.394 e. The van der Waals surface area contributed by atoms with Gasteiger partial charge in [-0.2, -0.15) is 17.6 Å². The first-order valence-electron chi connectivity index (χ1n) is 14.3. The number of alkyl halides is 4. The number of aliphatic hydroxyl groups is 4. The number of halogens is 4. The smallest absolute Gasteiger partial charge is 0.320 e. The molecule has 254 valence electrons. The van der Waals surface area contributed by atoms with Gasteiger partial charge in [-0.25, -0.2) is 19.9 Å². The van der Waals surface area contributed by atoms with Crippen molar-refractivity contribution in [2.75, 3.05) is 24.3 Å². The molecule has 2 saturated heterocycles. The Hall–Kier alpha value is -4.79. The SMILES string of the molecule is Nc1ncnc2c1ccn2[C@@H]1O[C@H](CO)[C@@H](O)C1(F)F.O=C(Nc1ncnc2c1ccn2[C@@H]1O[C@H](CO)[C@@H](O)C1(F)F)c1ccccc1. The minimum absolute atomic E-state index is 0.0915. The molecule has 0 radical (unpaired) electrons. The number of rotatable bonds is 6. The molecule has 7 rings (SSSR count). The summed E-state index contributed by atoms with van der Waals surface area (Å²) in [5.74, 6) is -7.30. The number of anilines is 2. The lowest BCUT2D eigenvalue weighted by atomic mass is 10.1. The van der Waals surface area contributed by atoms with E-state index in [-0.39, 0.29) is 22.9 Å². The fraction of sp³-hybridized carbons (Fsp3) is 0.345. The first-order chi connectivity index (χ1) is 22.9. The molecule has 1 amide bonds. The Morgan fingerprint density at radius 3 is 1.81 bits per heavy atom. The zero-order valence-corrected chi connectivity index (χ0v) is 24.5. The van der Waals surface area contributed by atoms with Crippen LogP contribution in [0.4, 0.5) is 29.2 Å². The second-order valence-corrected chi connectivity index (χ2v) is 10.9. The van der Waals surface area contributed by atoms with E-state index in [4.69, 9.17) is 25.4 Å². The van der Waals surface area contributed by atoms with Crippen molar-refractivity contribution in [2.45, 2.75) is 48.7 Å². The summed E-state index contributed by atoms with van der Waals surface area (Å²) < 4.78 is 69.3. The van der Waals surface area contributed by atoms with E-state index in [2.05, 4.69) is 25.3 Å². The van der Waals surface area contributed by atoms with Gasteiger partial charge in [0.1, 0.15) is 47.8 Å². The molecule has 2 aliphatic heterocycles. The average molecular weight is 677 g/mol. The summed E-state index contributed by atoms with van der Waals surface area (Å²) in [5.41, 5.74) is 6.31. The van der Waals surface area contributed by atoms with Crippen LogP contribution in [0.15, 0.2) is 67.5 Å². The van der Waals surface area contributed by atoms with E-state index < -0.39 is 67.8 Å². The van der Waals surface area contributed by atoms with E-state index in [1.54, 1.807) is 30.3 Å². The Bertz CT molecular complexity index is 1930. The second-order valence-electron chi connectivity index (χ2n) is 10.9. The minimum Gasteiger partial charge on any atom is -0.394 e. The lowest BCUT2D eigenvalue weighted by Crippen LogP contribution is -2.39. The van der Waals surface area contributed by atoms with Gasteiger partial charge in [0.15, 0.2) is 12.2 Å². The number of carbonyl (C=O) groups is 1. The van der Waals surface area contributed by atoms with Crippen LogP contribution in [0, 0.1) is 0 Å². The van der Waals surface area contributed by atoms with Crippen LogP contribution in [-0.2, 0) is 9.47 Å². The van der Waals surface area contributed by atoms with Crippen LogP contribution in [-0.4, -0.2) is 105 Å². The van der Waals surface area contributed by atoms with Crippen LogP contribution in [0.2, 0.25) is 0 Å². The molecular weight excluding hydrogens is 648 g/mol. The number of aliphatic hydroxyl groups excluding tert-OH is 4. The number of nitrogen functional groups attached to an aromatic ring is 1. The predicted molar refractivity (Wildman–Crippen MR) is 158 cm³/mol. The number of nitrogens with zero attached hydrogens (tertiary/aromatic N) is 6. The summed E-state index contributed by atoms with van der Waals surface area (Å²) in [4.78, 5) is 28.1. The number of aromatic nitrogens is 6. The quantitative estimate of drug-likeness (QED) is 0.141. The fourth-order valence-electron chi connectivity index (χ4n) is 5.45. The Morgan fingerprint density at radius 2 is 1.29 bits per heavy atom. The number of hydrogen-bond acceptors (Lipinski definition) is 12. The molecule has 48 heavy (non-hydrogen) atoms. The molecule has 0 spiro atoms. The van der Waals surface area contributed by atoms with Gasteiger partial charge in [-0.3, -0.25) is 4.79 Å². The zero-order chi connectivity index (χ0) is 34.4. The highest BCUT2D eigenvalue weighted by Gasteiger charge is 2.60. The summed E-state index contributed by atoms with van der Waals surface area (Å²) in [5, 5.41) is 40.7. The third-order valence-electron chi connectivity index (χ3n) is 7.94. The number of carbonyl (C=O) groups excluding carboxylic acids is 1. The number of nitrogens with two attached hydrogens (primary N) is 1. The van der Waals surface area contributed by atoms with E-state index >= 15 is 0 Å². The van der Waals surface area contributed by atoms with Crippen LogP contribution in [0.25, 0.3) is 22.1 Å². The third-order valence-corrected chi connectivity index (χ3v) is 7.94. The highest BCUT2D eigenvalue weighted by Crippen LogP contribution is 2.45. The molecular formula is C29H28F4N8O7. The predicted octanol–water partition coefficient (Wildman–Crippen LogP) is 1.47. The first-order valence-corrected chi connectivity index (χ1v) is 14.3. The normalized spacial score (nSPS) is 26.0. The third kappa shape index (κ3) is 5.59. The summed E-state index contributed by atoms with van der Waals surface area (Å²) in [6.07, 6.45) is -5.71. The van der Waals surface area contributed by atoms with E-state index in [0.717, 1.165) is 21.8 Å². The number of benzene rings is 1. The van der Waals surface area contributed by atoms with Crippen LogP contribution >= 0.6 is 0 Å². The average Bonchev–Trinajstić information content (AvgIpc) is 3.81. The van der Waals surface area contributed by atoms with Gasteiger partial charge < -0.3 is 50.1 Å². The van der Waals surface area contributed by atoms with Crippen molar-refractivity contribution < 1.29 is 52.3 Å². The van der Waals surface area contributed by atoms with Crippen LogP contribution in [0.5, 0.6) is 0 Å². The Kier molecular flexibility index (Phi) is 8.75. The van der Waals surface area contributed by atoms with Gasteiger partial charge in [-0.1, -0.05) is 18.2 Å². The van der Waals surface area contributed by atoms with Crippen molar-refractivity contribution in [2.24, 2.45) is 0 Å². The summed E-state index contributed by atoms with van der Waals surface area (Å²) in [6, 6.07) is 11.4. The molecule has 0 saturated carbocycles. The van der Waals surface area contributed by atoms with Crippen molar-refractivity contribution >= 4 is 39.6 Å². The van der Waals surface area contributed by atoms with Crippen molar-refractivity contribution in [3.63, 3.8) is 0 Å².